The van der Waals surface area contributed by atoms with Crippen LogP contribution < -0.4 is 9.47 Å². The van der Waals surface area contributed by atoms with Crippen molar-refractivity contribution in [3.63, 3.8) is 0 Å². The van der Waals surface area contributed by atoms with Gasteiger partial charge in [0.15, 0.2) is 0 Å². The molecule has 0 saturated heterocycles. The van der Waals surface area contributed by atoms with Crippen molar-refractivity contribution < 1.29 is 32.5 Å². The molecule has 0 amide bonds. The summed E-state index contributed by atoms with van der Waals surface area (Å²) in [7, 11) is 0. The van der Waals surface area contributed by atoms with E-state index in [1.165, 1.54) is 0 Å². The molecule has 2 aromatic rings. The third kappa shape index (κ3) is 5.21. The van der Waals surface area contributed by atoms with Gasteiger partial charge in [0.2, 0.25) is 0 Å². The van der Waals surface area contributed by atoms with Crippen molar-refractivity contribution in [3.8, 4) is 11.5 Å². The molecule has 0 heterocycles. The van der Waals surface area contributed by atoms with Crippen LogP contribution in [0.4, 0.5) is 13.2 Å². The number of ether oxygens (including phenoxy) is 2. The second-order valence-corrected chi connectivity index (χ2v) is 4.60. The highest BCUT2D eigenvalue weighted by Gasteiger charge is 2.30. The fourth-order valence-corrected chi connectivity index (χ4v) is 1.78. The molecule has 0 bridgehead atoms. The minimum Gasteiger partial charge on any atom is -0.481 e. The van der Waals surface area contributed by atoms with Gasteiger partial charge in [-0.1, -0.05) is 18.2 Å². The van der Waals surface area contributed by atoms with Crippen LogP contribution in [0, 0.1) is 0 Å². The van der Waals surface area contributed by atoms with E-state index in [0.29, 0.717) is 5.75 Å². The highest BCUT2D eigenvalue weighted by molar-refractivity contribution is 5.67. The van der Waals surface area contributed by atoms with Crippen LogP contribution in [0.15, 0.2) is 54.6 Å². The molecule has 0 aliphatic heterocycles. The van der Waals surface area contributed by atoms with E-state index >= 15 is 0 Å². The van der Waals surface area contributed by atoms with Crippen molar-refractivity contribution in [2.24, 2.45) is 0 Å². The standard InChI is InChI=1S/C16H13F3O4/c17-16(18,19)11-6-8-13(9-7-11)23-15(10-14(20)21)22-12-4-2-1-3-5-12/h1-9,15H,10H2,(H,20,21). The van der Waals surface area contributed by atoms with Gasteiger partial charge in [0.05, 0.1) is 5.56 Å². The van der Waals surface area contributed by atoms with Crippen molar-refractivity contribution in [2.75, 3.05) is 0 Å². The fraction of sp³-hybridized carbons (Fsp3) is 0.188. The summed E-state index contributed by atoms with van der Waals surface area (Å²) in [5, 5.41) is 8.88. The van der Waals surface area contributed by atoms with E-state index in [0.717, 1.165) is 24.3 Å². The van der Waals surface area contributed by atoms with Crippen LogP contribution >= 0.6 is 0 Å². The first-order chi connectivity index (χ1) is 10.8. The fourth-order valence-electron chi connectivity index (χ4n) is 1.78. The topological polar surface area (TPSA) is 55.8 Å². The Labute approximate surface area is 130 Å². The van der Waals surface area contributed by atoms with Gasteiger partial charge in [-0.25, -0.2) is 0 Å². The molecule has 0 aromatic heterocycles. The minimum absolute atomic E-state index is 0.0835. The van der Waals surface area contributed by atoms with Gasteiger partial charge in [0.1, 0.15) is 17.9 Å². The maximum absolute atomic E-state index is 12.5. The van der Waals surface area contributed by atoms with Crippen LogP contribution in [0.5, 0.6) is 11.5 Å². The van der Waals surface area contributed by atoms with Gasteiger partial charge in [0, 0.05) is 0 Å². The molecular weight excluding hydrogens is 313 g/mol. The van der Waals surface area contributed by atoms with E-state index in [-0.39, 0.29) is 5.75 Å². The Kier molecular flexibility index (Phi) is 5.10. The SMILES string of the molecule is O=C(O)CC(Oc1ccccc1)Oc1ccc(C(F)(F)F)cc1. The zero-order valence-electron chi connectivity index (χ0n) is 11.8. The molecule has 4 nitrogen and oxygen atoms in total. The third-order valence-corrected chi connectivity index (χ3v) is 2.80. The van der Waals surface area contributed by atoms with E-state index in [9.17, 15) is 18.0 Å². The highest BCUT2D eigenvalue weighted by atomic mass is 19.4. The predicted molar refractivity (Wildman–Crippen MR) is 75.2 cm³/mol. The number of para-hydroxylation sites is 1. The summed E-state index contributed by atoms with van der Waals surface area (Å²) in [6.45, 7) is 0. The number of rotatable bonds is 6. The number of carboxylic acid groups (broad SMARTS) is 1. The smallest absolute Gasteiger partial charge is 0.416 e. The minimum atomic E-state index is -4.44. The second-order valence-electron chi connectivity index (χ2n) is 4.60. The van der Waals surface area contributed by atoms with Gasteiger partial charge in [-0.15, -0.1) is 0 Å². The first-order valence-corrected chi connectivity index (χ1v) is 6.62. The molecule has 1 unspecified atom stereocenters. The lowest BCUT2D eigenvalue weighted by Crippen LogP contribution is -2.27. The summed E-state index contributed by atoms with van der Waals surface area (Å²) >= 11 is 0. The molecular formula is C16H13F3O4. The number of halogens is 3. The Morgan fingerprint density at radius 3 is 1.96 bits per heavy atom. The molecule has 1 N–H and O–H groups in total. The molecule has 0 aliphatic carbocycles. The lowest BCUT2D eigenvalue weighted by Gasteiger charge is -2.19. The van der Waals surface area contributed by atoms with Crippen molar-refractivity contribution in [2.45, 2.75) is 18.9 Å². The first kappa shape index (κ1) is 16.7. The van der Waals surface area contributed by atoms with Crippen LogP contribution in [-0.2, 0) is 11.0 Å². The van der Waals surface area contributed by atoms with Crippen LogP contribution in [0.25, 0.3) is 0 Å². The van der Waals surface area contributed by atoms with E-state index in [4.69, 9.17) is 14.6 Å². The highest BCUT2D eigenvalue weighted by Crippen LogP contribution is 2.30. The van der Waals surface area contributed by atoms with Crippen molar-refractivity contribution in [3.05, 3.63) is 60.2 Å². The number of carboxylic acids is 1. The number of aliphatic carboxylic acids is 1. The van der Waals surface area contributed by atoms with Gasteiger partial charge >= 0.3 is 12.1 Å². The van der Waals surface area contributed by atoms with Crippen molar-refractivity contribution in [1.29, 1.82) is 0 Å². The normalized spacial score (nSPS) is 12.5. The Morgan fingerprint density at radius 2 is 1.48 bits per heavy atom. The Morgan fingerprint density at radius 1 is 0.957 bits per heavy atom. The second kappa shape index (κ2) is 7.04. The Balaban J connectivity index is 2.09. The summed E-state index contributed by atoms with van der Waals surface area (Å²) in [6, 6.07) is 12.3. The van der Waals surface area contributed by atoms with Gasteiger partial charge in [0.25, 0.3) is 6.29 Å². The van der Waals surface area contributed by atoms with Crippen LogP contribution in [0.2, 0.25) is 0 Å². The molecule has 2 aromatic carbocycles. The number of hydrogen-bond donors (Lipinski definition) is 1. The molecule has 0 spiro atoms. The Hall–Kier alpha value is -2.70. The zero-order chi connectivity index (χ0) is 16.9. The Bertz CT molecular complexity index is 639. The van der Waals surface area contributed by atoms with E-state index in [1.807, 2.05) is 0 Å². The van der Waals surface area contributed by atoms with E-state index in [2.05, 4.69) is 0 Å². The van der Waals surface area contributed by atoms with Crippen LogP contribution in [0.1, 0.15) is 12.0 Å². The number of carbonyl (C=O) groups is 1. The molecule has 0 saturated carbocycles. The maximum atomic E-state index is 12.5. The molecule has 0 aliphatic rings. The van der Waals surface area contributed by atoms with E-state index in [1.54, 1.807) is 30.3 Å². The predicted octanol–water partition coefficient (Wildman–Crippen LogP) is 3.96. The summed E-state index contributed by atoms with van der Waals surface area (Å²) in [6.07, 6.45) is -6.07. The van der Waals surface area contributed by atoms with Gasteiger partial charge in [-0.3, -0.25) is 4.79 Å². The maximum Gasteiger partial charge on any atom is 0.416 e. The molecule has 23 heavy (non-hydrogen) atoms. The molecule has 0 radical (unpaired) electrons. The lowest BCUT2D eigenvalue weighted by molar-refractivity contribution is -0.142. The number of hydrogen-bond acceptors (Lipinski definition) is 3. The average molecular weight is 326 g/mol. The average Bonchev–Trinajstić information content (AvgIpc) is 2.47. The van der Waals surface area contributed by atoms with Gasteiger partial charge < -0.3 is 14.6 Å². The van der Waals surface area contributed by atoms with Crippen LogP contribution in [-0.4, -0.2) is 17.4 Å². The summed E-state index contributed by atoms with van der Waals surface area (Å²) < 4.78 is 48.2. The van der Waals surface area contributed by atoms with Crippen molar-refractivity contribution >= 4 is 5.97 Å². The lowest BCUT2D eigenvalue weighted by atomic mass is 10.2. The van der Waals surface area contributed by atoms with Crippen LogP contribution in [0.3, 0.4) is 0 Å². The third-order valence-electron chi connectivity index (χ3n) is 2.80. The molecule has 2 rings (SSSR count). The quantitative estimate of drug-likeness (QED) is 0.816. The summed E-state index contributed by atoms with van der Waals surface area (Å²) in [4.78, 5) is 10.9. The molecule has 7 heteroatoms. The largest absolute Gasteiger partial charge is 0.481 e. The molecule has 0 fully saturated rings. The summed E-state index contributed by atoms with van der Waals surface area (Å²) in [5.41, 5.74) is -0.816. The summed E-state index contributed by atoms with van der Waals surface area (Å²) in [5.74, 6) is -0.677. The number of benzene rings is 2. The van der Waals surface area contributed by atoms with Gasteiger partial charge in [-0.05, 0) is 36.4 Å². The molecule has 1 atom stereocenters. The van der Waals surface area contributed by atoms with Crippen molar-refractivity contribution in [1.82, 2.24) is 0 Å². The molecule has 122 valence electrons. The first-order valence-electron chi connectivity index (χ1n) is 6.62. The van der Waals surface area contributed by atoms with Gasteiger partial charge in [-0.2, -0.15) is 13.2 Å². The number of alkyl halides is 3. The zero-order valence-corrected chi connectivity index (χ0v) is 11.8. The monoisotopic (exact) mass is 326 g/mol. The van der Waals surface area contributed by atoms with E-state index < -0.39 is 30.4 Å².